The molecule has 0 atom stereocenters. The molecule has 1 aromatic heterocycles. The van der Waals surface area contributed by atoms with E-state index < -0.39 is 0 Å². The summed E-state index contributed by atoms with van der Waals surface area (Å²) < 4.78 is 4.75. The molecule has 1 saturated heterocycles. The van der Waals surface area contributed by atoms with Crippen molar-refractivity contribution in [3.8, 4) is 0 Å². The number of nitrogens with zero attached hydrogens (tertiary/aromatic N) is 2. The molecule has 0 N–H and O–H groups in total. The molecule has 0 aromatic carbocycles. The van der Waals surface area contributed by atoms with E-state index in [1.54, 1.807) is 4.90 Å². The van der Waals surface area contributed by atoms with E-state index in [4.69, 9.17) is 4.42 Å². The van der Waals surface area contributed by atoms with Gasteiger partial charge in [0.25, 0.3) is 5.91 Å². The second kappa shape index (κ2) is 2.58. The summed E-state index contributed by atoms with van der Waals surface area (Å²) in [6.07, 6.45) is 2.66. The third-order valence-corrected chi connectivity index (χ3v) is 2.18. The molecule has 1 aliphatic rings. The second-order valence-corrected chi connectivity index (χ2v) is 4.20. The summed E-state index contributed by atoms with van der Waals surface area (Å²) in [7, 11) is 0. The summed E-state index contributed by atoms with van der Waals surface area (Å²) in [6, 6.07) is 0. The van der Waals surface area contributed by atoms with Gasteiger partial charge >= 0.3 is 0 Å². The minimum absolute atomic E-state index is 0.0342. The lowest BCUT2D eigenvalue weighted by Crippen LogP contribution is -2.55. The molecule has 13 heavy (non-hydrogen) atoms. The Morgan fingerprint density at radius 2 is 2.31 bits per heavy atom. The molecular weight excluding hydrogens is 168 g/mol. The zero-order chi connectivity index (χ0) is 9.47. The van der Waals surface area contributed by atoms with Crippen LogP contribution in [0.4, 0.5) is 0 Å². The van der Waals surface area contributed by atoms with Crippen LogP contribution in [0, 0.1) is 5.41 Å². The number of hydrogen-bond acceptors (Lipinski definition) is 3. The van der Waals surface area contributed by atoms with Gasteiger partial charge in [0.1, 0.15) is 6.26 Å². The molecule has 4 nitrogen and oxygen atoms in total. The quantitative estimate of drug-likeness (QED) is 0.651. The molecule has 0 radical (unpaired) electrons. The van der Waals surface area contributed by atoms with E-state index >= 15 is 0 Å². The van der Waals surface area contributed by atoms with Gasteiger partial charge in [-0.25, -0.2) is 4.98 Å². The lowest BCUT2D eigenvalue weighted by Gasteiger charge is -2.45. The zero-order valence-corrected chi connectivity index (χ0v) is 7.78. The van der Waals surface area contributed by atoms with Gasteiger partial charge in [-0.3, -0.25) is 4.79 Å². The van der Waals surface area contributed by atoms with Crippen LogP contribution in [-0.2, 0) is 0 Å². The number of carbonyl (C=O) groups is 1. The number of likely N-dealkylation sites (tertiary alicyclic amines) is 1. The Bertz CT molecular complexity index is 308. The average molecular weight is 180 g/mol. The maximum Gasteiger partial charge on any atom is 0.275 e. The lowest BCUT2D eigenvalue weighted by atomic mass is 9.84. The van der Waals surface area contributed by atoms with E-state index in [1.807, 2.05) is 0 Å². The lowest BCUT2D eigenvalue weighted by molar-refractivity contribution is 0.0231. The van der Waals surface area contributed by atoms with Crippen molar-refractivity contribution >= 4 is 5.91 Å². The first-order chi connectivity index (χ1) is 6.08. The van der Waals surface area contributed by atoms with Crippen LogP contribution < -0.4 is 0 Å². The van der Waals surface area contributed by atoms with Crippen LogP contribution in [0.3, 0.4) is 0 Å². The van der Waals surface area contributed by atoms with Crippen LogP contribution in [0.15, 0.2) is 17.1 Å². The van der Waals surface area contributed by atoms with Crippen molar-refractivity contribution in [2.75, 3.05) is 13.1 Å². The largest absolute Gasteiger partial charge is 0.451 e. The van der Waals surface area contributed by atoms with Crippen LogP contribution in [0.5, 0.6) is 0 Å². The summed E-state index contributed by atoms with van der Waals surface area (Å²) in [6.45, 7) is 5.89. The normalized spacial score (nSPS) is 19.7. The fourth-order valence-corrected chi connectivity index (χ4v) is 1.61. The number of rotatable bonds is 1. The predicted octanol–water partition coefficient (Wildman–Crippen LogP) is 1.16. The van der Waals surface area contributed by atoms with Crippen LogP contribution in [0.25, 0.3) is 0 Å². The third-order valence-electron chi connectivity index (χ3n) is 2.18. The average Bonchev–Trinajstić information content (AvgIpc) is 2.50. The molecule has 4 heteroatoms. The van der Waals surface area contributed by atoms with E-state index in [0.717, 1.165) is 13.1 Å². The second-order valence-electron chi connectivity index (χ2n) is 4.20. The van der Waals surface area contributed by atoms with Gasteiger partial charge in [0.15, 0.2) is 12.1 Å². The molecule has 1 aliphatic heterocycles. The van der Waals surface area contributed by atoms with Gasteiger partial charge in [-0.1, -0.05) is 13.8 Å². The molecule has 0 spiro atoms. The Labute approximate surface area is 76.6 Å². The number of hydrogen-bond donors (Lipinski definition) is 0. The van der Waals surface area contributed by atoms with E-state index in [0.29, 0.717) is 5.69 Å². The summed E-state index contributed by atoms with van der Waals surface area (Å²) in [5, 5.41) is 0. The molecule has 1 aromatic rings. The van der Waals surface area contributed by atoms with Crippen molar-refractivity contribution in [2.24, 2.45) is 5.41 Å². The Morgan fingerprint density at radius 1 is 1.62 bits per heavy atom. The summed E-state index contributed by atoms with van der Waals surface area (Å²) >= 11 is 0. The van der Waals surface area contributed by atoms with Crippen LogP contribution in [-0.4, -0.2) is 28.9 Å². The highest BCUT2D eigenvalue weighted by atomic mass is 16.3. The summed E-state index contributed by atoms with van der Waals surface area (Å²) in [5.41, 5.74) is 0.662. The topological polar surface area (TPSA) is 46.3 Å². The Balaban J connectivity index is 2.02. The van der Waals surface area contributed by atoms with Crippen molar-refractivity contribution in [3.63, 3.8) is 0 Å². The molecule has 2 rings (SSSR count). The number of carbonyl (C=O) groups excluding carboxylic acids is 1. The van der Waals surface area contributed by atoms with E-state index in [-0.39, 0.29) is 11.3 Å². The fraction of sp³-hybridized carbons (Fsp3) is 0.556. The molecule has 0 aliphatic carbocycles. The highest BCUT2D eigenvalue weighted by Gasteiger charge is 2.38. The number of aromatic nitrogens is 1. The van der Waals surface area contributed by atoms with Crippen LogP contribution in [0.2, 0.25) is 0 Å². The minimum atomic E-state index is -0.0342. The molecule has 1 fully saturated rings. The van der Waals surface area contributed by atoms with Crippen LogP contribution >= 0.6 is 0 Å². The molecule has 0 unspecified atom stereocenters. The molecule has 0 saturated carbocycles. The third kappa shape index (κ3) is 1.43. The van der Waals surface area contributed by atoms with Crippen LogP contribution in [0.1, 0.15) is 24.3 Å². The fourth-order valence-electron chi connectivity index (χ4n) is 1.61. The molecule has 0 bridgehead atoms. The van der Waals surface area contributed by atoms with Gasteiger partial charge < -0.3 is 9.32 Å². The SMILES string of the molecule is CC1(C)CN(C(=O)c2cocn2)C1. The van der Waals surface area contributed by atoms with E-state index in [1.165, 1.54) is 12.7 Å². The maximum atomic E-state index is 11.6. The van der Waals surface area contributed by atoms with Crippen molar-refractivity contribution in [1.82, 2.24) is 9.88 Å². The summed E-state index contributed by atoms with van der Waals surface area (Å²) in [4.78, 5) is 17.2. The van der Waals surface area contributed by atoms with Gasteiger partial charge in [0.2, 0.25) is 0 Å². The molecule has 1 amide bonds. The monoisotopic (exact) mass is 180 g/mol. The highest BCUT2D eigenvalue weighted by molar-refractivity contribution is 5.92. The first-order valence-electron chi connectivity index (χ1n) is 4.26. The Morgan fingerprint density at radius 3 is 2.77 bits per heavy atom. The van der Waals surface area contributed by atoms with Crippen molar-refractivity contribution in [1.29, 1.82) is 0 Å². The molecule has 70 valence electrons. The molecular formula is C9H12N2O2. The van der Waals surface area contributed by atoms with Crippen molar-refractivity contribution in [2.45, 2.75) is 13.8 Å². The number of amides is 1. The van der Waals surface area contributed by atoms with E-state index in [9.17, 15) is 4.79 Å². The maximum absolute atomic E-state index is 11.6. The highest BCUT2D eigenvalue weighted by Crippen LogP contribution is 2.29. The standard InChI is InChI=1S/C9H12N2O2/c1-9(2)4-11(5-9)8(12)7-3-13-6-10-7/h3,6H,4-5H2,1-2H3. The van der Waals surface area contributed by atoms with Gasteiger partial charge in [0.05, 0.1) is 0 Å². The summed E-state index contributed by atoms with van der Waals surface area (Å²) in [5.74, 6) is -0.0342. The van der Waals surface area contributed by atoms with E-state index in [2.05, 4.69) is 18.8 Å². The van der Waals surface area contributed by atoms with Gasteiger partial charge in [-0.2, -0.15) is 0 Å². The number of oxazole rings is 1. The Kier molecular flexibility index (Phi) is 1.65. The molecule has 2 heterocycles. The smallest absolute Gasteiger partial charge is 0.275 e. The zero-order valence-electron chi connectivity index (χ0n) is 7.78. The minimum Gasteiger partial charge on any atom is -0.451 e. The van der Waals surface area contributed by atoms with Crippen molar-refractivity contribution in [3.05, 3.63) is 18.4 Å². The predicted molar refractivity (Wildman–Crippen MR) is 46.2 cm³/mol. The first kappa shape index (κ1) is 8.29. The Hall–Kier alpha value is -1.32. The van der Waals surface area contributed by atoms with Gasteiger partial charge in [-0.15, -0.1) is 0 Å². The van der Waals surface area contributed by atoms with Gasteiger partial charge in [-0.05, 0) is 5.41 Å². The van der Waals surface area contributed by atoms with Crippen molar-refractivity contribution < 1.29 is 9.21 Å². The first-order valence-corrected chi connectivity index (χ1v) is 4.26. The van der Waals surface area contributed by atoms with Gasteiger partial charge in [0, 0.05) is 13.1 Å².